The summed E-state index contributed by atoms with van der Waals surface area (Å²) in [6.45, 7) is 1.54. The van der Waals surface area contributed by atoms with Gasteiger partial charge in [0.25, 0.3) is 0 Å². The summed E-state index contributed by atoms with van der Waals surface area (Å²) in [6, 6.07) is 10.3. The highest BCUT2D eigenvalue weighted by atomic mass is 19.4. The number of nitrogens with one attached hydrogen (secondary N) is 1. The first-order chi connectivity index (χ1) is 16.3. The lowest BCUT2D eigenvalue weighted by molar-refractivity contribution is -0.141. The molecule has 0 radical (unpaired) electrons. The van der Waals surface area contributed by atoms with Crippen molar-refractivity contribution in [2.75, 3.05) is 29.0 Å². The van der Waals surface area contributed by atoms with E-state index in [1.807, 2.05) is 24.3 Å². The molecule has 0 bridgehead atoms. The Hall–Kier alpha value is -3.89. The summed E-state index contributed by atoms with van der Waals surface area (Å²) in [4.78, 5) is 19.3. The lowest BCUT2D eigenvalue weighted by atomic mass is 10.0. The van der Waals surface area contributed by atoms with E-state index >= 15 is 0 Å². The number of nitrogen functional groups attached to an aromatic ring is 1. The molecule has 0 saturated carbocycles. The first-order valence-corrected chi connectivity index (χ1v) is 10.9. The van der Waals surface area contributed by atoms with Crippen molar-refractivity contribution >= 4 is 28.4 Å². The number of pyridine rings is 1. The van der Waals surface area contributed by atoms with E-state index in [1.54, 1.807) is 11.6 Å². The minimum absolute atomic E-state index is 0.288. The van der Waals surface area contributed by atoms with Crippen LogP contribution in [0.5, 0.6) is 0 Å². The van der Waals surface area contributed by atoms with Gasteiger partial charge in [-0.15, -0.1) is 0 Å². The van der Waals surface area contributed by atoms with Crippen molar-refractivity contribution < 1.29 is 13.2 Å². The largest absolute Gasteiger partial charge is 0.433 e. The van der Waals surface area contributed by atoms with Gasteiger partial charge in [0.1, 0.15) is 17.8 Å². The standard InChI is InChI=1S/C23H23F3N8/c1-33-20(14-6-7-18(28-12-14)23(24,25)26)32-19-21(33)29-13-30-22(19)34-10-8-15(9-11-34)31-17-5-3-2-4-16(17)27/h2-7,12-13,15,31H,8-11,27H2,1H3. The average molecular weight is 468 g/mol. The summed E-state index contributed by atoms with van der Waals surface area (Å²) in [5.41, 5.74) is 8.46. The van der Waals surface area contributed by atoms with E-state index in [0.29, 0.717) is 28.4 Å². The van der Waals surface area contributed by atoms with Crippen LogP contribution in [0.4, 0.5) is 30.4 Å². The second-order valence-electron chi connectivity index (χ2n) is 8.29. The second kappa shape index (κ2) is 8.47. The number of fused-ring (bicyclic) bond motifs is 1. The van der Waals surface area contributed by atoms with Crippen LogP contribution in [0.15, 0.2) is 48.9 Å². The number of nitrogens with two attached hydrogens (primary N) is 1. The third kappa shape index (κ3) is 4.09. The van der Waals surface area contributed by atoms with Crippen LogP contribution in [0.1, 0.15) is 18.5 Å². The molecule has 8 nitrogen and oxygen atoms in total. The highest BCUT2D eigenvalue weighted by molar-refractivity contribution is 5.86. The fourth-order valence-corrected chi connectivity index (χ4v) is 4.25. The molecule has 5 rings (SSSR count). The van der Waals surface area contributed by atoms with Gasteiger partial charge in [0.2, 0.25) is 0 Å². The number of rotatable bonds is 4. The minimum Gasteiger partial charge on any atom is -0.397 e. The van der Waals surface area contributed by atoms with Gasteiger partial charge in [0.05, 0.1) is 11.4 Å². The molecule has 4 heterocycles. The van der Waals surface area contributed by atoms with Gasteiger partial charge in [-0.2, -0.15) is 13.2 Å². The molecule has 1 aliphatic rings. The normalized spacial score (nSPS) is 15.1. The van der Waals surface area contributed by atoms with Crippen molar-refractivity contribution in [2.24, 2.45) is 7.05 Å². The van der Waals surface area contributed by atoms with Crippen molar-refractivity contribution in [3.05, 3.63) is 54.6 Å². The number of alkyl halides is 3. The van der Waals surface area contributed by atoms with E-state index in [4.69, 9.17) is 10.7 Å². The Kier molecular flexibility index (Phi) is 5.46. The van der Waals surface area contributed by atoms with Crippen LogP contribution in [0, 0.1) is 0 Å². The maximum atomic E-state index is 12.9. The summed E-state index contributed by atoms with van der Waals surface area (Å²) in [5.74, 6) is 1.19. The van der Waals surface area contributed by atoms with E-state index in [9.17, 15) is 13.2 Å². The molecular formula is C23H23F3N8. The van der Waals surface area contributed by atoms with Gasteiger partial charge in [0, 0.05) is 37.9 Å². The van der Waals surface area contributed by atoms with Crippen molar-refractivity contribution in [2.45, 2.75) is 25.1 Å². The molecule has 1 saturated heterocycles. The maximum absolute atomic E-state index is 12.9. The number of hydrogen-bond donors (Lipinski definition) is 2. The number of halogens is 3. The van der Waals surface area contributed by atoms with Gasteiger partial charge in [-0.25, -0.2) is 15.0 Å². The Morgan fingerprint density at radius 1 is 1.03 bits per heavy atom. The first kappa shape index (κ1) is 21.9. The summed E-state index contributed by atoms with van der Waals surface area (Å²) >= 11 is 0. The molecule has 176 valence electrons. The van der Waals surface area contributed by atoms with Crippen LogP contribution >= 0.6 is 0 Å². The third-order valence-corrected chi connectivity index (χ3v) is 6.06. The maximum Gasteiger partial charge on any atom is 0.433 e. The van der Waals surface area contributed by atoms with Crippen LogP contribution in [0.3, 0.4) is 0 Å². The average Bonchev–Trinajstić information content (AvgIpc) is 3.17. The number of piperidine rings is 1. The summed E-state index contributed by atoms with van der Waals surface area (Å²) in [5, 5.41) is 3.52. The van der Waals surface area contributed by atoms with E-state index in [2.05, 4.69) is 25.2 Å². The molecule has 3 aromatic heterocycles. The molecule has 11 heteroatoms. The molecule has 34 heavy (non-hydrogen) atoms. The number of nitrogens with zero attached hydrogens (tertiary/aromatic N) is 6. The predicted molar refractivity (Wildman–Crippen MR) is 124 cm³/mol. The van der Waals surface area contributed by atoms with Crippen LogP contribution in [-0.2, 0) is 13.2 Å². The van der Waals surface area contributed by atoms with Crippen LogP contribution in [0.25, 0.3) is 22.6 Å². The van der Waals surface area contributed by atoms with Crippen molar-refractivity contribution in [1.82, 2.24) is 24.5 Å². The number of imidazole rings is 1. The first-order valence-electron chi connectivity index (χ1n) is 10.9. The lowest BCUT2D eigenvalue weighted by Gasteiger charge is -2.33. The quantitative estimate of drug-likeness (QED) is 0.435. The number of hydrogen-bond acceptors (Lipinski definition) is 7. The van der Waals surface area contributed by atoms with Crippen molar-refractivity contribution in [3.8, 4) is 11.4 Å². The Balaban J connectivity index is 1.37. The Bertz CT molecular complexity index is 1310. The van der Waals surface area contributed by atoms with E-state index < -0.39 is 11.9 Å². The minimum atomic E-state index is -4.49. The monoisotopic (exact) mass is 468 g/mol. The molecule has 0 spiro atoms. The smallest absolute Gasteiger partial charge is 0.397 e. The number of benzene rings is 1. The number of aromatic nitrogens is 5. The molecule has 0 amide bonds. The molecule has 1 fully saturated rings. The van der Waals surface area contributed by atoms with Crippen molar-refractivity contribution in [1.29, 1.82) is 0 Å². The number of anilines is 3. The molecule has 4 aromatic rings. The SMILES string of the molecule is Cn1c(-c2ccc(C(F)(F)F)nc2)nc2c(N3CCC(Nc4ccccc4N)CC3)ncnc21. The number of aryl methyl sites for hydroxylation is 1. The molecule has 1 aliphatic heterocycles. The van der Waals surface area contributed by atoms with E-state index in [-0.39, 0.29) is 6.04 Å². The fraction of sp³-hybridized carbons (Fsp3) is 0.304. The van der Waals surface area contributed by atoms with Gasteiger partial charge < -0.3 is 20.5 Å². The molecule has 0 aliphatic carbocycles. The molecule has 1 aromatic carbocycles. The van der Waals surface area contributed by atoms with Crippen LogP contribution < -0.4 is 16.0 Å². The molecule has 3 N–H and O–H groups in total. The highest BCUT2D eigenvalue weighted by Crippen LogP contribution is 2.32. The van der Waals surface area contributed by atoms with Gasteiger partial charge in [-0.05, 0) is 37.1 Å². The second-order valence-corrected chi connectivity index (χ2v) is 8.29. The van der Waals surface area contributed by atoms with Crippen LogP contribution in [0.2, 0.25) is 0 Å². The third-order valence-electron chi connectivity index (χ3n) is 6.06. The van der Waals surface area contributed by atoms with E-state index in [0.717, 1.165) is 43.4 Å². The zero-order chi connectivity index (χ0) is 23.9. The zero-order valence-electron chi connectivity index (χ0n) is 18.4. The van der Waals surface area contributed by atoms with Gasteiger partial charge >= 0.3 is 6.18 Å². The Morgan fingerprint density at radius 2 is 1.79 bits per heavy atom. The van der Waals surface area contributed by atoms with Gasteiger partial charge in [-0.3, -0.25) is 4.98 Å². The topological polar surface area (TPSA) is 97.8 Å². The van der Waals surface area contributed by atoms with Gasteiger partial charge in [-0.1, -0.05) is 12.1 Å². The number of para-hydroxylation sites is 2. The predicted octanol–water partition coefficient (Wildman–Crippen LogP) is 4.11. The fourth-order valence-electron chi connectivity index (χ4n) is 4.25. The summed E-state index contributed by atoms with van der Waals surface area (Å²) in [6.07, 6.45) is -0.0336. The lowest BCUT2D eigenvalue weighted by Crippen LogP contribution is -2.39. The highest BCUT2D eigenvalue weighted by Gasteiger charge is 2.32. The molecule has 0 atom stereocenters. The summed E-state index contributed by atoms with van der Waals surface area (Å²) in [7, 11) is 1.78. The summed E-state index contributed by atoms with van der Waals surface area (Å²) < 4.78 is 40.4. The Morgan fingerprint density at radius 3 is 2.47 bits per heavy atom. The molecule has 0 unspecified atom stereocenters. The molecular weight excluding hydrogens is 445 g/mol. The van der Waals surface area contributed by atoms with Crippen molar-refractivity contribution in [3.63, 3.8) is 0 Å². The van der Waals surface area contributed by atoms with Crippen LogP contribution in [-0.4, -0.2) is 43.6 Å². The Labute approximate surface area is 193 Å². The van der Waals surface area contributed by atoms with Gasteiger partial charge in [0.15, 0.2) is 17.0 Å². The zero-order valence-corrected chi connectivity index (χ0v) is 18.4. The van der Waals surface area contributed by atoms with E-state index in [1.165, 1.54) is 18.6 Å².